The van der Waals surface area contributed by atoms with E-state index in [-0.39, 0.29) is 23.3 Å². The number of amidine groups is 1. The second-order valence-corrected chi connectivity index (χ2v) is 7.10. The van der Waals surface area contributed by atoms with Crippen molar-refractivity contribution in [3.63, 3.8) is 0 Å². The van der Waals surface area contributed by atoms with Crippen LogP contribution in [-0.4, -0.2) is 11.9 Å². The first-order valence-electron chi connectivity index (χ1n) is 9.68. The van der Waals surface area contributed by atoms with E-state index in [0.29, 0.717) is 11.3 Å². The minimum absolute atomic E-state index is 0.103. The second-order valence-electron chi connectivity index (χ2n) is 7.10. The highest BCUT2D eigenvalue weighted by atomic mass is 19.4. The number of alkyl halides is 3. The lowest BCUT2D eigenvalue weighted by molar-refractivity contribution is -0.137. The van der Waals surface area contributed by atoms with Crippen LogP contribution >= 0.6 is 0 Å². The molecule has 3 rings (SSSR count). The molecule has 0 aliphatic rings. The summed E-state index contributed by atoms with van der Waals surface area (Å²) >= 11 is 0. The number of anilines is 3. The highest BCUT2D eigenvalue weighted by Crippen LogP contribution is 2.35. The number of hydrogen-bond acceptors (Lipinski definition) is 3. The number of carbonyl (C=O) groups excluding carboxylic acids is 1. The standard InChI is InChI=1S/C23H22F3N5O/c1-14(15-5-3-2-4-6-15)29-20-13-17(23(24,25)26)9-12-19(20)31-22(32)30-18-10-7-16(8-11-18)21(27)28/h2-14,29H,1H3,(H3,27,28)(H2,30,31,32). The van der Waals surface area contributed by atoms with Gasteiger partial charge in [0.1, 0.15) is 5.84 Å². The molecule has 0 spiro atoms. The number of nitrogens with one attached hydrogen (secondary N) is 4. The molecular weight excluding hydrogens is 419 g/mol. The van der Waals surface area contributed by atoms with Gasteiger partial charge >= 0.3 is 12.2 Å². The van der Waals surface area contributed by atoms with Crippen LogP contribution in [0.15, 0.2) is 72.8 Å². The van der Waals surface area contributed by atoms with Gasteiger partial charge in [0, 0.05) is 17.3 Å². The Morgan fingerprint density at radius 3 is 2.19 bits per heavy atom. The molecule has 0 radical (unpaired) electrons. The molecule has 0 saturated carbocycles. The van der Waals surface area contributed by atoms with Crippen molar-refractivity contribution in [3.05, 3.63) is 89.5 Å². The van der Waals surface area contributed by atoms with Crippen LogP contribution in [0.4, 0.5) is 35.0 Å². The van der Waals surface area contributed by atoms with Crippen molar-refractivity contribution in [1.29, 1.82) is 5.41 Å². The topological polar surface area (TPSA) is 103 Å². The zero-order chi connectivity index (χ0) is 23.3. The fourth-order valence-corrected chi connectivity index (χ4v) is 3.03. The van der Waals surface area contributed by atoms with Crippen molar-refractivity contribution in [2.75, 3.05) is 16.0 Å². The van der Waals surface area contributed by atoms with Gasteiger partial charge in [-0.05, 0) is 55.0 Å². The van der Waals surface area contributed by atoms with E-state index in [1.807, 2.05) is 37.3 Å². The van der Waals surface area contributed by atoms with E-state index in [1.54, 1.807) is 24.3 Å². The summed E-state index contributed by atoms with van der Waals surface area (Å²) in [6, 6.07) is 17.7. The first-order chi connectivity index (χ1) is 15.1. The number of urea groups is 1. The lowest BCUT2D eigenvalue weighted by atomic mass is 10.1. The summed E-state index contributed by atoms with van der Waals surface area (Å²) in [7, 11) is 0. The maximum Gasteiger partial charge on any atom is 0.416 e. The predicted octanol–water partition coefficient (Wildman–Crippen LogP) is 5.81. The van der Waals surface area contributed by atoms with Gasteiger partial charge in [-0.25, -0.2) is 4.79 Å². The number of hydrogen-bond donors (Lipinski definition) is 5. The van der Waals surface area contributed by atoms with Crippen LogP contribution in [0, 0.1) is 5.41 Å². The van der Waals surface area contributed by atoms with Crippen molar-refractivity contribution in [2.45, 2.75) is 19.1 Å². The molecule has 1 atom stereocenters. The summed E-state index contributed by atoms with van der Waals surface area (Å²) in [5.41, 5.74) is 6.72. The van der Waals surface area contributed by atoms with Gasteiger partial charge in [-0.2, -0.15) is 13.2 Å². The Hall–Kier alpha value is -4.01. The molecule has 0 aliphatic heterocycles. The molecular formula is C23H22F3N5O. The highest BCUT2D eigenvalue weighted by Gasteiger charge is 2.31. The lowest BCUT2D eigenvalue weighted by Gasteiger charge is -2.20. The van der Waals surface area contributed by atoms with Crippen molar-refractivity contribution in [1.82, 2.24) is 0 Å². The molecule has 2 amide bonds. The summed E-state index contributed by atoms with van der Waals surface area (Å²) in [5.74, 6) is -0.103. The summed E-state index contributed by atoms with van der Waals surface area (Å²) < 4.78 is 39.7. The number of rotatable bonds is 6. The number of benzene rings is 3. The molecule has 0 aliphatic carbocycles. The monoisotopic (exact) mass is 441 g/mol. The minimum Gasteiger partial charge on any atom is -0.384 e. The van der Waals surface area contributed by atoms with Crippen LogP contribution in [0.1, 0.15) is 29.7 Å². The van der Waals surface area contributed by atoms with E-state index in [4.69, 9.17) is 11.1 Å². The van der Waals surface area contributed by atoms with Crippen molar-refractivity contribution in [3.8, 4) is 0 Å². The van der Waals surface area contributed by atoms with Crippen molar-refractivity contribution >= 4 is 28.9 Å². The van der Waals surface area contributed by atoms with E-state index < -0.39 is 17.8 Å². The molecule has 0 aromatic heterocycles. The molecule has 9 heteroatoms. The maximum absolute atomic E-state index is 13.2. The largest absolute Gasteiger partial charge is 0.416 e. The van der Waals surface area contributed by atoms with Gasteiger partial charge in [0.05, 0.1) is 16.9 Å². The van der Waals surface area contributed by atoms with E-state index in [2.05, 4.69) is 16.0 Å². The molecule has 6 N–H and O–H groups in total. The third-order valence-corrected chi connectivity index (χ3v) is 4.72. The Morgan fingerprint density at radius 1 is 0.938 bits per heavy atom. The van der Waals surface area contributed by atoms with Gasteiger partial charge in [-0.3, -0.25) is 5.41 Å². The Balaban J connectivity index is 1.81. The molecule has 0 saturated heterocycles. The third kappa shape index (κ3) is 5.78. The van der Waals surface area contributed by atoms with Crippen LogP contribution in [0.25, 0.3) is 0 Å². The highest BCUT2D eigenvalue weighted by molar-refractivity contribution is 6.02. The average molecular weight is 441 g/mol. The van der Waals surface area contributed by atoms with Gasteiger partial charge < -0.3 is 21.7 Å². The number of halogens is 3. The number of carbonyl (C=O) groups is 1. The molecule has 0 bridgehead atoms. The summed E-state index contributed by atoms with van der Waals surface area (Å²) in [6.45, 7) is 1.82. The quantitative estimate of drug-likeness (QED) is 0.246. The molecule has 3 aromatic carbocycles. The minimum atomic E-state index is -4.52. The average Bonchev–Trinajstić information content (AvgIpc) is 2.75. The summed E-state index contributed by atoms with van der Waals surface area (Å²) in [5, 5.41) is 15.6. The second kappa shape index (κ2) is 9.42. The maximum atomic E-state index is 13.2. The lowest BCUT2D eigenvalue weighted by Crippen LogP contribution is -2.21. The van der Waals surface area contributed by atoms with E-state index in [9.17, 15) is 18.0 Å². The molecule has 1 unspecified atom stereocenters. The van der Waals surface area contributed by atoms with Crippen LogP contribution in [-0.2, 0) is 6.18 Å². The SMILES string of the molecule is CC(Nc1cc(C(F)(F)F)ccc1NC(=O)Nc1ccc(C(=N)N)cc1)c1ccccc1. The van der Waals surface area contributed by atoms with Crippen LogP contribution in [0.3, 0.4) is 0 Å². The van der Waals surface area contributed by atoms with Gasteiger partial charge in [-0.15, -0.1) is 0 Å². The molecule has 3 aromatic rings. The van der Waals surface area contributed by atoms with Crippen LogP contribution < -0.4 is 21.7 Å². The van der Waals surface area contributed by atoms with Gasteiger partial charge in [-0.1, -0.05) is 30.3 Å². The number of amides is 2. The smallest absolute Gasteiger partial charge is 0.384 e. The first-order valence-corrected chi connectivity index (χ1v) is 9.68. The summed E-state index contributed by atoms with van der Waals surface area (Å²) in [4.78, 5) is 12.5. The predicted molar refractivity (Wildman–Crippen MR) is 120 cm³/mol. The van der Waals surface area contributed by atoms with E-state index >= 15 is 0 Å². The van der Waals surface area contributed by atoms with Gasteiger partial charge in [0.25, 0.3) is 0 Å². The molecule has 6 nitrogen and oxygen atoms in total. The molecule has 0 heterocycles. The fraction of sp³-hybridized carbons (Fsp3) is 0.130. The van der Waals surface area contributed by atoms with E-state index in [0.717, 1.165) is 17.7 Å². The molecule has 32 heavy (non-hydrogen) atoms. The Bertz CT molecular complexity index is 1100. The molecule has 166 valence electrons. The Labute approximate surface area is 183 Å². The fourth-order valence-electron chi connectivity index (χ4n) is 3.03. The van der Waals surface area contributed by atoms with Crippen LogP contribution in [0.5, 0.6) is 0 Å². The van der Waals surface area contributed by atoms with Crippen molar-refractivity contribution < 1.29 is 18.0 Å². The summed E-state index contributed by atoms with van der Waals surface area (Å²) in [6.07, 6.45) is -4.52. The van der Waals surface area contributed by atoms with Crippen molar-refractivity contribution in [2.24, 2.45) is 5.73 Å². The zero-order valence-corrected chi connectivity index (χ0v) is 17.1. The third-order valence-electron chi connectivity index (χ3n) is 4.72. The Morgan fingerprint density at radius 2 is 1.59 bits per heavy atom. The normalized spacial score (nSPS) is 12.0. The van der Waals surface area contributed by atoms with E-state index in [1.165, 1.54) is 6.07 Å². The first kappa shape index (κ1) is 22.7. The Kier molecular flexibility index (Phi) is 6.67. The van der Waals surface area contributed by atoms with Gasteiger partial charge in [0.2, 0.25) is 0 Å². The van der Waals surface area contributed by atoms with Crippen LogP contribution in [0.2, 0.25) is 0 Å². The molecule has 0 fully saturated rings. The number of nitrogens with two attached hydrogens (primary N) is 1. The zero-order valence-electron chi connectivity index (χ0n) is 17.1. The number of nitrogen functional groups attached to an aromatic ring is 1. The van der Waals surface area contributed by atoms with Gasteiger partial charge in [0.15, 0.2) is 0 Å².